The average molecular weight is 1100 g/mol. The highest BCUT2D eigenvalue weighted by Crippen LogP contribution is 2.26. The van der Waals surface area contributed by atoms with Gasteiger partial charge in [-0.3, -0.25) is 24.0 Å². The van der Waals surface area contributed by atoms with Gasteiger partial charge in [0.2, 0.25) is 0 Å². The molecule has 1 aromatic rings. The van der Waals surface area contributed by atoms with Crippen LogP contribution in [-0.4, -0.2) is 166 Å². The van der Waals surface area contributed by atoms with E-state index in [9.17, 15) is 52.7 Å². The lowest BCUT2D eigenvalue weighted by Gasteiger charge is -2.31. The smallest absolute Gasteiger partial charge is 0.347 e. The number of hydrogen-bond donors (Lipinski definition) is 2. The minimum Gasteiger partial charge on any atom is -0.466 e. The van der Waals surface area contributed by atoms with Crippen LogP contribution in [0.1, 0.15) is 105 Å². The van der Waals surface area contributed by atoms with Crippen molar-refractivity contribution in [1.82, 2.24) is 0 Å². The van der Waals surface area contributed by atoms with Crippen LogP contribution in [0.5, 0.6) is 0 Å². The second-order valence-corrected chi connectivity index (χ2v) is 18.6. The highest BCUT2D eigenvalue weighted by molar-refractivity contribution is 5.87. The largest absolute Gasteiger partial charge is 0.466 e. The van der Waals surface area contributed by atoms with E-state index >= 15 is 0 Å². The summed E-state index contributed by atoms with van der Waals surface area (Å²) in [6, 6.07) is 10.1. The molecule has 6 atom stereocenters. The molecule has 2 N–H and O–H groups in total. The first-order chi connectivity index (χ1) is 36.4. The Hall–Kier alpha value is -6.99. The van der Waals surface area contributed by atoms with Crippen molar-refractivity contribution >= 4 is 65.7 Å². The molecule has 0 bridgehead atoms. The maximum absolute atomic E-state index is 11.7. The number of cyclic esters (lactones) is 10. The Morgan fingerprint density at radius 3 is 1.51 bits per heavy atom. The maximum atomic E-state index is 11.7. The molecule has 7 heterocycles. The van der Waals surface area contributed by atoms with Crippen LogP contribution >= 0.6 is 0 Å². The molecule has 0 radical (unpaired) electrons. The minimum absolute atomic E-state index is 0.0736. The SMILES string of the molecule is CC(CO)(CO)C(=O)OC1CCOC(=O)CC1.CC1(C)COC1=O.CC1OC(=O)C(C)OC1=O.CC1OC(=O)C(C)OC1=O.O=C1CC=CCCO1.O=C1CCC(COCc2ccccc2)CCO1.O=C1COC(=O)CO1. The molecule has 0 aliphatic carbocycles. The summed E-state index contributed by atoms with van der Waals surface area (Å²) in [7, 11) is 0. The van der Waals surface area contributed by atoms with Crippen LogP contribution in [0.4, 0.5) is 0 Å². The Morgan fingerprint density at radius 1 is 0.597 bits per heavy atom. The molecule has 6 saturated heterocycles. The summed E-state index contributed by atoms with van der Waals surface area (Å²) in [5, 5.41) is 18.1. The summed E-state index contributed by atoms with van der Waals surface area (Å²) in [5.74, 6) is -3.64. The second kappa shape index (κ2) is 34.6. The van der Waals surface area contributed by atoms with Gasteiger partial charge < -0.3 is 67.1 Å². The molecule has 1 aromatic carbocycles. The lowest BCUT2D eigenvalue weighted by molar-refractivity contribution is -0.191. The van der Waals surface area contributed by atoms with Gasteiger partial charge in [-0.25, -0.2) is 28.8 Å². The fourth-order valence-corrected chi connectivity index (χ4v) is 6.00. The number of benzene rings is 1. The second-order valence-electron chi connectivity index (χ2n) is 18.6. The number of rotatable bonds is 8. The Kier molecular flexibility index (Phi) is 29.7. The van der Waals surface area contributed by atoms with Crippen molar-refractivity contribution in [2.75, 3.05) is 59.5 Å². The molecule has 7 aliphatic rings. The third-order valence-corrected chi connectivity index (χ3v) is 11.2. The van der Waals surface area contributed by atoms with E-state index < -0.39 is 90.9 Å². The number of esters is 11. The van der Waals surface area contributed by atoms with Crippen molar-refractivity contribution in [3.63, 3.8) is 0 Å². The van der Waals surface area contributed by atoms with Crippen LogP contribution in [0.2, 0.25) is 0 Å². The van der Waals surface area contributed by atoms with E-state index in [4.69, 9.17) is 33.9 Å². The van der Waals surface area contributed by atoms with E-state index in [2.05, 4.69) is 45.3 Å². The molecular formula is C52H72O25. The normalized spacial score (nSPS) is 24.3. The van der Waals surface area contributed by atoms with Gasteiger partial charge in [-0.2, -0.15) is 0 Å². The van der Waals surface area contributed by atoms with Crippen LogP contribution in [-0.2, 0) is 116 Å². The lowest BCUT2D eigenvalue weighted by atomic mass is 9.91. The summed E-state index contributed by atoms with van der Waals surface area (Å²) in [6.07, 6.45) is 5.14. The van der Waals surface area contributed by atoms with E-state index in [0.717, 1.165) is 19.3 Å². The standard InChI is InChI=1S/C14H18O3.C11H18O6.2C6H8O4.C6H8O2.C5H8O2.C4H4O4/c15-14-7-6-13(8-9-17-14)11-16-10-12-4-2-1-3-5-12;1-11(6-12,7-13)10(15)17-8-2-3-9(14)16-5-4-8;2*1-3-5(7)10-4(2)6(8)9-3;7-6-4-2-1-3-5-8-6;1-5(2)3-7-4(5)6;5-3-1-7-4(6)2-8-3/h1-5,13H,6-11H2;8,12-13H,2-7H2,1H3;2*3-4H,1-2H3;1-2H,3-5H2;3H2,1-2H3;1-2H2. The molecule has 25 nitrogen and oxygen atoms in total. The van der Waals surface area contributed by atoms with Crippen molar-refractivity contribution < 1.29 is 120 Å². The van der Waals surface area contributed by atoms with Gasteiger partial charge >= 0.3 is 65.7 Å². The molecule has 8 rings (SSSR count). The van der Waals surface area contributed by atoms with Crippen LogP contribution in [0.25, 0.3) is 0 Å². The number of aliphatic hydroxyl groups excluding tert-OH is 2. The third-order valence-electron chi connectivity index (χ3n) is 11.2. The molecule has 430 valence electrons. The molecule has 0 spiro atoms. The van der Waals surface area contributed by atoms with E-state index in [1.54, 1.807) is 0 Å². The van der Waals surface area contributed by atoms with Gasteiger partial charge in [0.25, 0.3) is 0 Å². The predicted molar refractivity (Wildman–Crippen MR) is 260 cm³/mol. The van der Waals surface area contributed by atoms with E-state index in [1.807, 2.05) is 44.2 Å². The fraction of sp³-hybridized carbons (Fsp3) is 0.635. The molecule has 6 unspecified atom stereocenters. The number of carbonyl (C=O) groups excluding carboxylic acids is 11. The predicted octanol–water partition coefficient (Wildman–Crippen LogP) is 2.42. The fourth-order valence-electron chi connectivity index (χ4n) is 6.00. The number of carbonyl (C=O) groups is 11. The number of hydrogen-bond acceptors (Lipinski definition) is 25. The molecule has 77 heavy (non-hydrogen) atoms. The van der Waals surface area contributed by atoms with Crippen molar-refractivity contribution in [2.45, 2.75) is 137 Å². The first-order valence-corrected chi connectivity index (χ1v) is 24.9. The van der Waals surface area contributed by atoms with Gasteiger partial charge in [-0.1, -0.05) is 42.5 Å². The summed E-state index contributed by atoms with van der Waals surface area (Å²) in [6.45, 7) is 12.9. The zero-order chi connectivity index (χ0) is 57.6. The van der Waals surface area contributed by atoms with Gasteiger partial charge in [-0.15, -0.1) is 0 Å². The molecule has 0 aromatic heterocycles. The molecule has 0 amide bonds. The zero-order valence-electron chi connectivity index (χ0n) is 44.5. The van der Waals surface area contributed by atoms with E-state index in [1.165, 1.54) is 40.2 Å². The average Bonchev–Trinajstić information content (AvgIpc) is 3.88. The summed E-state index contributed by atoms with van der Waals surface area (Å²) in [5.41, 5.74) is -0.287. The summed E-state index contributed by atoms with van der Waals surface area (Å²) < 4.78 is 56.8. The molecular weight excluding hydrogens is 1020 g/mol. The van der Waals surface area contributed by atoms with Crippen molar-refractivity contribution in [3.05, 3.63) is 48.0 Å². The molecule has 7 aliphatic heterocycles. The third kappa shape index (κ3) is 26.6. The Morgan fingerprint density at radius 2 is 1.06 bits per heavy atom. The maximum Gasteiger partial charge on any atom is 0.347 e. The molecule has 25 heteroatoms. The summed E-state index contributed by atoms with van der Waals surface area (Å²) in [4.78, 5) is 117. The Labute approximate surface area is 445 Å². The van der Waals surface area contributed by atoms with Crippen LogP contribution in [0.3, 0.4) is 0 Å². The van der Waals surface area contributed by atoms with Gasteiger partial charge in [0.15, 0.2) is 37.6 Å². The van der Waals surface area contributed by atoms with Gasteiger partial charge in [0.1, 0.15) is 18.1 Å². The highest BCUT2D eigenvalue weighted by Gasteiger charge is 2.40. The van der Waals surface area contributed by atoms with E-state index in [-0.39, 0.29) is 55.5 Å². The van der Waals surface area contributed by atoms with Crippen molar-refractivity contribution in [3.8, 4) is 0 Å². The van der Waals surface area contributed by atoms with Crippen LogP contribution < -0.4 is 0 Å². The topological polar surface area (TPSA) is 339 Å². The first kappa shape index (κ1) is 66.1. The Bertz CT molecular complexity index is 2040. The molecule has 6 fully saturated rings. The highest BCUT2D eigenvalue weighted by atomic mass is 16.7. The monoisotopic (exact) mass is 1100 g/mol. The first-order valence-electron chi connectivity index (χ1n) is 24.9. The van der Waals surface area contributed by atoms with E-state index in [0.29, 0.717) is 64.6 Å². The zero-order valence-corrected chi connectivity index (χ0v) is 44.5. The van der Waals surface area contributed by atoms with Crippen molar-refractivity contribution in [2.24, 2.45) is 16.7 Å². The van der Waals surface area contributed by atoms with Crippen molar-refractivity contribution in [1.29, 1.82) is 0 Å². The Balaban J connectivity index is 0.000000316. The van der Waals surface area contributed by atoms with Gasteiger partial charge in [0, 0.05) is 25.9 Å². The minimum atomic E-state index is -1.29. The number of ether oxygens (including phenoxy) is 12. The summed E-state index contributed by atoms with van der Waals surface area (Å²) >= 11 is 0. The van der Waals surface area contributed by atoms with Crippen LogP contribution in [0, 0.1) is 16.7 Å². The lowest BCUT2D eigenvalue weighted by Crippen LogP contribution is -2.42. The number of aliphatic hydroxyl groups is 2. The molecule has 0 saturated carbocycles. The van der Waals surface area contributed by atoms with Gasteiger partial charge in [-0.05, 0) is 85.6 Å². The van der Waals surface area contributed by atoms with Gasteiger partial charge in [0.05, 0.1) is 51.5 Å². The van der Waals surface area contributed by atoms with Crippen LogP contribution in [0.15, 0.2) is 42.5 Å². The quantitative estimate of drug-likeness (QED) is 0.214.